The predicted molar refractivity (Wildman–Crippen MR) is 62.1 cm³/mol. The standard InChI is InChI=1S/C13H16FNO2/c1-8-4-5-9(10(14)6-8)11-13(2,3)7-17-12(16)15-11/h4-6,11H,7H2,1-3H3,(H,15,16)/t11-/m1/s1. The van der Waals surface area contributed by atoms with Gasteiger partial charge in [0.25, 0.3) is 0 Å². The molecular formula is C13H16FNO2. The van der Waals surface area contributed by atoms with Crippen molar-refractivity contribution in [3.05, 3.63) is 35.1 Å². The zero-order valence-electron chi connectivity index (χ0n) is 10.2. The molecule has 1 saturated heterocycles. The molecule has 1 atom stereocenters. The number of alkyl carbamates (subject to hydrolysis) is 1. The molecular weight excluding hydrogens is 221 g/mol. The van der Waals surface area contributed by atoms with Gasteiger partial charge in [-0.15, -0.1) is 0 Å². The van der Waals surface area contributed by atoms with Crippen molar-refractivity contribution < 1.29 is 13.9 Å². The lowest BCUT2D eigenvalue weighted by molar-refractivity contribution is 0.0378. The molecule has 1 N–H and O–H groups in total. The fourth-order valence-electron chi connectivity index (χ4n) is 2.05. The first-order valence-electron chi connectivity index (χ1n) is 5.59. The van der Waals surface area contributed by atoms with Crippen molar-refractivity contribution in [3.63, 3.8) is 0 Å². The van der Waals surface area contributed by atoms with E-state index in [2.05, 4.69) is 5.32 Å². The molecule has 0 saturated carbocycles. The van der Waals surface area contributed by atoms with Crippen molar-refractivity contribution in [1.29, 1.82) is 0 Å². The summed E-state index contributed by atoms with van der Waals surface area (Å²) in [7, 11) is 0. The summed E-state index contributed by atoms with van der Waals surface area (Å²) >= 11 is 0. The van der Waals surface area contributed by atoms with Crippen molar-refractivity contribution in [1.82, 2.24) is 5.32 Å². The van der Waals surface area contributed by atoms with Gasteiger partial charge < -0.3 is 10.1 Å². The van der Waals surface area contributed by atoms with Crippen LogP contribution >= 0.6 is 0 Å². The summed E-state index contributed by atoms with van der Waals surface area (Å²) in [4.78, 5) is 11.3. The summed E-state index contributed by atoms with van der Waals surface area (Å²) in [5.74, 6) is -0.287. The molecule has 17 heavy (non-hydrogen) atoms. The second kappa shape index (κ2) is 4.02. The zero-order valence-corrected chi connectivity index (χ0v) is 10.2. The fourth-order valence-corrected chi connectivity index (χ4v) is 2.05. The van der Waals surface area contributed by atoms with Gasteiger partial charge in [0.05, 0.1) is 6.04 Å². The van der Waals surface area contributed by atoms with Gasteiger partial charge >= 0.3 is 6.09 Å². The van der Waals surface area contributed by atoms with Crippen LogP contribution in [0.15, 0.2) is 18.2 Å². The molecule has 1 aromatic carbocycles. The molecule has 2 rings (SSSR count). The highest BCUT2D eigenvalue weighted by atomic mass is 19.1. The van der Waals surface area contributed by atoms with Crippen LogP contribution < -0.4 is 5.32 Å². The average molecular weight is 237 g/mol. The molecule has 0 aliphatic carbocycles. The summed E-state index contributed by atoms with van der Waals surface area (Å²) < 4.78 is 18.8. The van der Waals surface area contributed by atoms with Crippen molar-refractivity contribution in [2.75, 3.05) is 6.61 Å². The van der Waals surface area contributed by atoms with Crippen LogP contribution in [0.5, 0.6) is 0 Å². The maximum absolute atomic E-state index is 13.9. The van der Waals surface area contributed by atoms with Crippen molar-refractivity contribution in [3.8, 4) is 0 Å². The highest BCUT2D eigenvalue weighted by Gasteiger charge is 2.39. The third-order valence-corrected chi connectivity index (χ3v) is 3.09. The highest BCUT2D eigenvalue weighted by molar-refractivity contribution is 5.69. The molecule has 0 spiro atoms. The molecule has 0 bridgehead atoms. The molecule has 0 radical (unpaired) electrons. The monoisotopic (exact) mass is 237 g/mol. The van der Waals surface area contributed by atoms with Crippen LogP contribution in [0.25, 0.3) is 0 Å². The van der Waals surface area contributed by atoms with Gasteiger partial charge in [0.15, 0.2) is 0 Å². The summed E-state index contributed by atoms with van der Waals surface area (Å²) in [6.45, 7) is 6.00. The maximum Gasteiger partial charge on any atom is 0.407 e. The summed E-state index contributed by atoms with van der Waals surface area (Å²) in [6, 6.07) is 4.69. The molecule has 0 aromatic heterocycles. The third kappa shape index (κ3) is 2.25. The van der Waals surface area contributed by atoms with Crippen LogP contribution in [0, 0.1) is 18.2 Å². The van der Waals surface area contributed by atoms with Crippen LogP contribution in [-0.2, 0) is 4.74 Å². The Morgan fingerprint density at radius 1 is 1.47 bits per heavy atom. The number of hydrogen-bond donors (Lipinski definition) is 1. The molecule has 4 heteroatoms. The number of amides is 1. The van der Waals surface area contributed by atoms with Crippen LogP contribution in [0.3, 0.4) is 0 Å². The number of benzene rings is 1. The molecule has 92 valence electrons. The van der Waals surface area contributed by atoms with E-state index in [-0.39, 0.29) is 23.9 Å². The molecule has 1 fully saturated rings. The first kappa shape index (κ1) is 11.9. The van der Waals surface area contributed by atoms with Gasteiger partial charge in [-0.25, -0.2) is 9.18 Å². The number of nitrogens with one attached hydrogen (secondary N) is 1. The van der Waals surface area contributed by atoms with E-state index < -0.39 is 6.09 Å². The third-order valence-electron chi connectivity index (χ3n) is 3.09. The van der Waals surface area contributed by atoms with E-state index in [4.69, 9.17) is 4.74 Å². The predicted octanol–water partition coefficient (Wildman–Crippen LogP) is 2.94. The topological polar surface area (TPSA) is 38.3 Å². The second-order valence-corrected chi connectivity index (χ2v) is 5.17. The van der Waals surface area contributed by atoms with Crippen molar-refractivity contribution in [2.45, 2.75) is 26.8 Å². The molecule has 1 aliphatic rings. The first-order chi connectivity index (χ1) is 7.90. The molecule has 3 nitrogen and oxygen atoms in total. The van der Waals surface area contributed by atoms with Crippen LogP contribution in [0.4, 0.5) is 9.18 Å². The summed E-state index contributed by atoms with van der Waals surface area (Å²) in [5.41, 5.74) is 1.05. The number of carbonyl (C=O) groups is 1. The molecule has 1 aliphatic heterocycles. The SMILES string of the molecule is Cc1ccc([C@H]2NC(=O)OCC2(C)C)c(F)c1. The van der Waals surface area contributed by atoms with E-state index in [9.17, 15) is 9.18 Å². The van der Waals surface area contributed by atoms with Crippen LogP contribution in [0.1, 0.15) is 31.0 Å². The van der Waals surface area contributed by atoms with E-state index >= 15 is 0 Å². The number of rotatable bonds is 1. The zero-order chi connectivity index (χ0) is 12.6. The van der Waals surface area contributed by atoms with Gasteiger partial charge in [-0.2, -0.15) is 0 Å². The Bertz CT molecular complexity index is 457. The molecule has 1 aromatic rings. The maximum atomic E-state index is 13.9. The van der Waals surface area contributed by atoms with E-state index in [1.54, 1.807) is 6.07 Å². The Labute approximate surface area is 100.0 Å². The van der Waals surface area contributed by atoms with Crippen molar-refractivity contribution in [2.24, 2.45) is 5.41 Å². The van der Waals surface area contributed by atoms with Gasteiger partial charge in [-0.3, -0.25) is 0 Å². The van der Waals surface area contributed by atoms with Gasteiger partial charge in [0, 0.05) is 11.0 Å². The smallest absolute Gasteiger partial charge is 0.407 e. The lowest BCUT2D eigenvalue weighted by Crippen LogP contribution is -2.47. The van der Waals surface area contributed by atoms with E-state index in [0.717, 1.165) is 5.56 Å². The van der Waals surface area contributed by atoms with Gasteiger partial charge in [0.1, 0.15) is 12.4 Å². The summed E-state index contributed by atoms with van der Waals surface area (Å²) in [6.07, 6.45) is -0.491. The number of ether oxygens (including phenoxy) is 1. The Hall–Kier alpha value is -1.58. The van der Waals surface area contributed by atoms with Crippen molar-refractivity contribution >= 4 is 6.09 Å². The van der Waals surface area contributed by atoms with E-state index in [1.807, 2.05) is 26.8 Å². The number of cyclic esters (lactones) is 1. The quantitative estimate of drug-likeness (QED) is 0.815. The van der Waals surface area contributed by atoms with E-state index in [1.165, 1.54) is 6.07 Å². The molecule has 1 heterocycles. The number of halogens is 1. The largest absolute Gasteiger partial charge is 0.449 e. The number of hydrogen-bond acceptors (Lipinski definition) is 2. The lowest BCUT2D eigenvalue weighted by Gasteiger charge is -2.38. The van der Waals surface area contributed by atoms with Crippen LogP contribution in [-0.4, -0.2) is 12.7 Å². The molecule has 0 unspecified atom stereocenters. The first-order valence-corrected chi connectivity index (χ1v) is 5.59. The lowest BCUT2D eigenvalue weighted by atomic mass is 9.80. The summed E-state index contributed by atoms with van der Waals surface area (Å²) in [5, 5.41) is 2.68. The van der Waals surface area contributed by atoms with Crippen LogP contribution in [0.2, 0.25) is 0 Å². The Morgan fingerprint density at radius 2 is 2.18 bits per heavy atom. The number of carbonyl (C=O) groups excluding carboxylic acids is 1. The van der Waals surface area contributed by atoms with Gasteiger partial charge in [0.2, 0.25) is 0 Å². The Morgan fingerprint density at radius 3 is 2.82 bits per heavy atom. The minimum Gasteiger partial charge on any atom is -0.449 e. The fraction of sp³-hybridized carbons (Fsp3) is 0.462. The average Bonchev–Trinajstić information content (AvgIpc) is 2.23. The highest BCUT2D eigenvalue weighted by Crippen LogP contribution is 2.37. The normalized spacial score (nSPS) is 22.8. The minimum atomic E-state index is -0.491. The Kier molecular flexibility index (Phi) is 2.81. The minimum absolute atomic E-state index is 0.287. The second-order valence-electron chi connectivity index (χ2n) is 5.17. The number of aryl methyl sites for hydroxylation is 1. The Balaban J connectivity index is 2.39. The molecule has 1 amide bonds. The van der Waals surface area contributed by atoms with E-state index in [0.29, 0.717) is 5.56 Å². The van der Waals surface area contributed by atoms with Gasteiger partial charge in [-0.05, 0) is 18.6 Å². The van der Waals surface area contributed by atoms with Gasteiger partial charge in [-0.1, -0.05) is 26.0 Å².